The van der Waals surface area contributed by atoms with E-state index >= 15 is 0 Å². The number of rotatable bonds is 36. The van der Waals surface area contributed by atoms with E-state index in [9.17, 15) is 57.5 Å². The molecule has 0 aliphatic heterocycles. The van der Waals surface area contributed by atoms with E-state index in [4.69, 9.17) is 56.8 Å². The predicted octanol–water partition coefficient (Wildman–Crippen LogP) is 21.7. The third-order valence-corrected chi connectivity index (χ3v) is 37.3. The molecule has 0 N–H and O–H groups in total. The van der Waals surface area contributed by atoms with Crippen molar-refractivity contribution >= 4 is 71.6 Å². The molecule has 0 saturated heterocycles. The first-order valence-electron chi connectivity index (χ1n) is 54.2. The SMILES string of the molecule is C=C(C)C(=O)OCC(=O)OC1(C(C)C)C2CC3CC(C2)CC1C3.C=C(C)C(=O)OCC(=O)OC1(CC(C)C)C2CC3CC(C2)CC1C3.C=C(C)C(=O)OCC(=O)OC1(CCCC)C2CC3CC(C2)CC1C3.C=CC(=O)OCC(=O)OC1(C(C)C)C2CC3CC(C2)CC1C3.C=CC(=O)OCC(=O)OC1(CC(C)C)C2CC3CC(C2)CC1C3.C=CC(=O)OCC(=O)OC1(CCCC)C2CC3CC(C2)CC1C3. The number of hydrogen-bond donors (Lipinski definition) is 0. The fourth-order valence-electron chi connectivity index (χ4n) is 33.5. The van der Waals surface area contributed by atoms with Gasteiger partial charge in [0.1, 0.15) is 33.6 Å². The van der Waals surface area contributed by atoms with Crippen molar-refractivity contribution in [3.63, 3.8) is 0 Å². The Labute approximate surface area is 828 Å². The fraction of sp³-hybridized carbons (Fsp3) is 0.791. The summed E-state index contributed by atoms with van der Waals surface area (Å²) in [5.41, 5.74) is -1.10. The van der Waals surface area contributed by atoms with Crippen LogP contribution in [0.15, 0.2) is 74.4 Å². The molecule has 0 spiro atoms. The van der Waals surface area contributed by atoms with Gasteiger partial charge in [0.25, 0.3) is 0 Å². The minimum atomic E-state index is -0.583. The van der Waals surface area contributed by atoms with E-state index in [1.54, 1.807) is 20.8 Å². The molecule has 139 heavy (non-hydrogen) atoms. The smallest absolute Gasteiger partial charge is 0.344 e. The van der Waals surface area contributed by atoms with E-state index in [0.717, 1.165) is 141 Å². The van der Waals surface area contributed by atoms with Crippen LogP contribution in [0.1, 0.15) is 334 Å². The second-order valence-corrected chi connectivity index (χ2v) is 48.4. The summed E-state index contributed by atoms with van der Waals surface area (Å²) < 4.78 is 66.0. The average Bonchev–Trinajstić information content (AvgIpc) is 0.734. The van der Waals surface area contributed by atoms with Gasteiger partial charge in [0.2, 0.25) is 0 Å². The Morgan fingerprint density at radius 1 is 0.259 bits per heavy atom. The maximum Gasteiger partial charge on any atom is 0.344 e. The molecule has 24 aliphatic rings. The lowest BCUT2D eigenvalue weighted by Crippen LogP contribution is -2.62. The molecule has 774 valence electrons. The van der Waals surface area contributed by atoms with Crippen LogP contribution in [0.4, 0.5) is 0 Å². The molecule has 0 atom stereocenters. The van der Waals surface area contributed by atoms with E-state index in [2.05, 4.69) is 109 Å². The Morgan fingerprint density at radius 3 is 0.604 bits per heavy atom. The maximum absolute atomic E-state index is 12.4. The first-order chi connectivity index (χ1) is 66.0. The van der Waals surface area contributed by atoms with Crippen molar-refractivity contribution in [1.29, 1.82) is 0 Å². The number of carbonyl (C=O) groups excluding carboxylic acids is 12. The van der Waals surface area contributed by atoms with Gasteiger partial charge in [-0.2, -0.15) is 0 Å². The third kappa shape index (κ3) is 24.7. The quantitative estimate of drug-likeness (QED) is 0.0319. The van der Waals surface area contributed by atoms with Crippen LogP contribution in [-0.2, 0) is 114 Å². The Hall–Kier alpha value is -7.92. The van der Waals surface area contributed by atoms with E-state index in [0.29, 0.717) is 111 Å². The third-order valence-electron chi connectivity index (χ3n) is 37.3. The topological polar surface area (TPSA) is 316 Å². The molecule has 24 saturated carbocycles. The van der Waals surface area contributed by atoms with Gasteiger partial charge in [0.15, 0.2) is 39.6 Å². The molecule has 24 rings (SSSR count). The van der Waals surface area contributed by atoms with Crippen LogP contribution in [0.3, 0.4) is 0 Å². The molecular formula is C115H170O24. The van der Waals surface area contributed by atoms with Gasteiger partial charge in [-0.3, -0.25) is 0 Å². The van der Waals surface area contributed by atoms with Crippen molar-refractivity contribution in [1.82, 2.24) is 0 Å². The first-order valence-corrected chi connectivity index (χ1v) is 54.2. The minimum absolute atomic E-state index is 0.290. The highest BCUT2D eigenvalue weighted by Crippen LogP contribution is 2.68. The summed E-state index contributed by atoms with van der Waals surface area (Å²) in [6, 6.07) is 0. The zero-order valence-corrected chi connectivity index (χ0v) is 86.6. The molecule has 0 unspecified atom stereocenters. The number of hydrogen-bond acceptors (Lipinski definition) is 24. The van der Waals surface area contributed by atoms with Crippen LogP contribution in [0.2, 0.25) is 0 Å². The summed E-state index contributed by atoms with van der Waals surface area (Å²) in [5, 5.41) is 0. The first kappa shape index (κ1) is 108. The monoisotopic (exact) mass is 1940 g/mol. The van der Waals surface area contributed by atoms with Crippen LogP contribution in [0.5, 0.6) is 0 Å². The lowest BCUT2D eigenvalue weighted by molar-refractivity contribution is -0.227. The highest BCUT2D eigenvalue weighted by molar-refractivity contribution is 5.90. The minimum Gasteiger partial charge on any atom is -0.456 e. The molecule has 0 aromatic rings. The largest absolute Gasteiger partial charge is 0.456 e. The van der Waals surface area contributed by atoms with Crippen LogP contribution >= 0.6 is 0 Å². The summed E-state index contributed by atoms with van der Waals surface area (Å²) in [7, 11) is 0. The average molecular weight is 1940 g/mol. The highest BCUT2D eigenvalue weighted by Gasteiger charge is 2.67. The fourth-order valence-corrected chi connectivity index (χ4v) is 33.5. The molecule has 24 fully saturated rings. The van der Waals surface area contributed by atoms with Gasteiger partial charge in [-0.25, -0.2) is 57.5 Å². The number of ether oxygens (including phenoxy) is 12. The normalized spacial score (nSPS) is 37.4. The predicted molar refractivity (Wildman–Crippen MR) is 524 cm³/mol. The van der Waals surface area contributed by atoms with Crippen LogP contribution in [-0.4, -0.2) is 145 Å². The number of carbonyl (C=O) groups is 12. The lowest BCUT2D eigenvalue weighted by Gasteiger charge is -2.61. The molecule has 0 radical (unpaired) electrons. The molecular weight excluding hydrogens is 1770 g/mol. The number of unbranched alkanes of at least 4 members (excludes halogenated alkanes) is 2. The van der Waals surface area contributed by atoms with E-state index in [1.165, 1.54) is 193 Å². The van der Waals surface area contributed by atoms with Crippen molar-refractivity contribution in [3.8, 4) is 0 Å². The van der Waals surface area contributed by atoms with Crippen LogP contribution in [0, 0.1) is 166 Å². The van der Waals surface area contributed by atoms with Gasteiger partial charge in [0, 0.05) is 34.9 Å². The maximum atomic E-state index is 12.4. The van der Waals surface area contributed by atoms with Gasteiger partial charge in [0.05, 0.1) is 0 Å². The summed E-state index contributed by atoms with van der Waals surface area (Å²) in [5.74, 6) is 11.6. The highest BCUT2D eigenvalue weighted by atomic mass is 16.6. The molecule has 0 amide bonds. The lowest BCUT2D eigenvalue weighted by atomic mass is 9.47. The van der Waals surface area contributed by atoms with E-state index in [1.807, 2.05) is 0 Å². The second kappa shape index (κ2) is 46.4. The van der Waals surface area contributed by atoms with Gasteiger partial charge < -0.3 is 56.8 Å². The van der Waals surface area contributed by atoms with Crippen molar-refractivity contribution in [2.24, 2.45) is 166 Å². The Kier molecular flexibility index (Phi) is 36.2. The van der Waals surface area contributed by atoms with Crippen LogP contribution in [0.25, 0.3) is 0 Å². The number of esters is 12. The summed E-state index contributed by atoms with van der Waals surface area (Å²) in [6.07, 6.45) is 48.2. The van der Waals surface area contributed by atoms with Crippen molar-refractivity contribution < 1.29 is 114 Å². The standard InChI is InChI=1S/2C20H30O4.3C19H28O4.C18H26O4/c1-12(2)10-20(24-18(21)11-23-19(22)13(3)4)16-6-14-5-15(8-16)9-17(20)7-14;1-4-5-6-20(24-18(21)12-23-19(22)13(2)3)16-8-14-7-15(10-16)11-17(20)9-14;1-11(2)18(21)22-10-17(20)23-19(12(3)4)15-6-13-5-14(8-15)9-16(19)7-13;1-4-17(20)22-11-18(21)23-19(10-12(2)3)15-6-13-5-14(8-15)9-16(19)7-13;1-3-5-6-19(23-18(21)12-22-17(20)4-2)15-8-13-7-14(10-15)11-16(19)9-13;1-4-16(19)21-10-17(20)22-18(11(2)3)14-6-12-5-13(8-14)9-15(18)7-12/h12,14-17H,3,5-11H2,1-2,4H3;14-17H,2,4-12H2,1,3H3;12-16H,1,5-10H2,2-4H3;4,12-16H,1,5-11H2,2-3H3;4,13-16H,2-3,5-12H2,1H3;4,11-15H,1,5-10H2,2-3H3. The van der Waals surface area contributed by atoms with E-state index < -0.39 is 71.6 Å². The summed E-state index contributed by atoms with van der Waals surface area (Å²) in [4.78, 5) is 142. The van der Waals surface area contributed by atoms with Crippen molar-refractivity contribution in [2.45, 2.75) is 368 Å². The zero-order chi connectivity index (χ0) is 101. The second-order valence-electron chi connectivity index (χ2n) is 48.4. The molecule has 0 aromatic carbocycles. The Morgan fingerprint density at radius 2 is 0.432 bits per heavy atom. The van der Waals surface area contributed by atoms with Gasteiger partial charge >= 0.3 is 71.6 Å². The Balaban J connectivity index is 0.000000141. The molecule has 24 aliphatic carbocycles. The van der Waals surface area contributed by atoms with Crippen LogP contribution < -0.4 is 0 Å². The molecule has 24 bridgehead atoms. The molecule has 24 heteroatoms. The molecule has 24 nitrogen and oxygen atoms in total. The van der Waals surface area contributed by atoms with E-state index in [-0.39, 0.29) is 73.2 Å². The Bertz CT molecular complexity index is 4280. The van der Waals surface area contributed by atoms with Gasteiger partial charge in [-0.1, -0.05) is 122 Å². The van der Waals surface area contributed by atoms with Gasteiger partial charge in [-0.15, -0.1) is 0 Å². The summed E-state index contributed by atoms with van der Waals surface area (Å²) >= 11 is 0. The molecule has 0 aromatic heterocycles. The summed E-state index contributed by atoms with van der Waals surface area (Å²) in [6.45, 7) is 45.3. The zero-order valence-electron chi connectivity index (χ0n) is 86.6. The van der Waals surface area contributed by atoms with Gasteiger partial charge in [-0.05, 0) is 418 Å². The molecule has 0 heterocycles. The van der Waals surface area contributed by atoms with Crippen molar-refractivity contribution in [3.05, 3.63) is 74.4 Å². The van der Waals surface area contributed by atoms with Crippen molar-refractivity contribution in [2.75, 3.05) is 39.6 Å².